The second-order valence-corrected chi connectivity index (χ2v) is 3.50. The summed E-state index contributed by atoms with van der Waals surface area (Å²) in [4.78, 5) is 36.7. The first-order valence-corrected chi connectivity index (χ1v) is 5.38. The summed E-state index contributed by atoms with van der Waals surface area (Å²) in [5, 5.41) is 13.2. The van der Waals surface area contributed by atoms with E-state index in [2.05, 4.69) is 15.6 Å². The van der Waals surface area contributed by atoms with Crippen LogP contribution in [0, 0.1) is 0 Å². The van der Waals surface area contributed by atoms with Gasteiger partial charge >= 0.3 is 5.97 Å². The molecule has 0 saturated heterocycles. The van der Waals surface area contributed by atoms with Gasteiger partial charge in [-0.15, -0.1) is 0 Å². The van der Waals surface area contributed by atoms with Gasteiger partial charge in [-0.25, -0.2) is 4.79 Å². The second kappa shape index (κ2) is 6.90. The zero-order valence-corrected chi connectivity index (χ0v) is 10.2. The van der Waals surface area contributed by atoms with Crippen LogP contribution in [0.5, 0.6) is 0 Å². The largest absolute Gasteiger partial charge is 0.478 e. The van der Waals surface area contributed by atoms with Crippen LogP contribution in [0.25, 0.3) is 6.08 Å². The minimum atomic E-state index is -1.06. The zero-order chi connectivity index (χ0) is 14.3. The Bertz CT molecular complexity index is 508. The molecule has 2 amide bonds. The van der Waals surface area contributed by atoms with Gasteiger partial charge in [0.2, 0.25) is 5.91 Å². The smallest absolute Gasteiger partial charge is 0.328 e. The number of aromatic nitrogens is 1. The van der Waals surface area contributed by atoms with E-state index in [0.29, 0.717) is 5.56 Å². The lowest BCUT2D eigenvalue weighted by molar-refractivity contribution is -0.131. The summed E-state index contributed by atoms with van der Waals surface area (Å²) in [5.41, 5.74) is 0.710. The number of rotatable bonds is 5. The number of carbonyl (C=O) groups excluding carboxylic acids is 2. The van der Waals surface area contributed by atoms with E-state index >= 15 is 0 Å². The fraction of sp³-hybridized carbons (Fsp3) is 0.167. The monoisotopic (exact) mass is 263 g/mol. The van der Waals surface area contributed by atoms with E-state index in [-0.39, 0.29) is 18.1 Å². The summed E-state index contributed by atoms with van der Waals surface area (Å²) in [5.74, 6) is -1.85. The predicted molar refractivity (Wildman–Crippen MR) is 67.3 cm³/mol. The summed E-state index contributed by atoms with van der Waals surface area (Å²) < 4.78 is 0. The molecule has 0 unspecified atom stereocenters. The first kappa shape index (κ1) is 14.4. The van der Waals surface area contributed by atoms with Crippen molar-refractivity contribution in [3.8, 4) is 0 Å². The fourth-order valence-electron chi connectivity index (χ4n) is 1.15. The van der Waals surface area contributed by atoms with Gasteiger partial charge in [0.1, 0.15) is 5.69 Å². The normalized spacial score (nSPS) is 10.2. The van der Waals surface area contributed by atoms with Crippen molar-refractivity contribution in [2.24, 2.45) is 0 Å². The molecule has 0 bridgehead atoms. The van der Waals surface area contributed by atoms with Crippen LogP contribution in [0.4, 0.5) is 0 Å². The van der Waals surface area contributed by atoms with Gasteiger partial charge in [0.25, 0.3) is 5.91 Å². The van der Waals surface area contributed by atoms with Gasteiger partial charge in [-0.2, -0.15) is 0 Å². The maximum absolute atomic E-state index is 11.6. The van der Waals surface area contributed by atoms with Gasteiger partial charge in [-0.05, 0) is 17.7 Å². The number of hydrogen-bond acceptors (Lipinski definition) is 4. The van der Waals surface area contributed by atoms with E-state index in [1.807, 2.05) is 0 Å². The van der Waals surface area contributed by atoms with Crippen LogP contribution in [-0.2, 0) is 9.59 Å². The van der Waals surface area contributed by atoms with E-state index < -0.39 is 11.9 Å². The quantitative estimate of drug-likeness (QED) is 0.629. The molecule has 3 N–H and O–H groups in total. The zero-order valence-electron chi connectivity index (χ0n) is 10.2. The number of pyridine rings is 1. The molecule has 1 aromatic heterocycles. The minimum Gasteiger partial charge on any atom is -0.478 e. The highest BCUT2D eigenvalue weighted by atomic mass is 16.4. The third kappa shape index (κ3) is 4.99. The molecule has 0 saturated carbocycles. The van der Waals surface area contributed by atoms with Crippen molar-refractivity contribution in [1.29, 1.82) is 0 Å². The molecule has 0 radical (unpaired) electrons. The highest BCUT2D eigenvalue weighted by molar-refractivity contribution is 5.95. The topological polar surface area (TPSA) is 108 Å². The molecule has 7 heteroatoms. The molecule has 0 fully saturated rings. The maximum atomic E-state index is 11.6. The van der Waals surface area contributed by atoms with Crippen LogP contribution in [0.15, 0.2) is 24.4 Å². The van der Waals surface area contributed by atoms with E-state index in [1.54, 1.807) is 6.07 Å². The van der Waals surface area contributed by atoms with Crippen molar-refractivity contribution in [2.45, 2.75) is 0 Å². The average Bonchev–Trinajstić information content (AvgIpc) is 2.42. The minimum absolute atomic E-state index is 0.127. The maximum Gasteiger partial charge on any atom is 0.328 e. The van der Waals surface area contributed by atoms with Crippen molar-refractivity contribution < 1.29 is 19.5 Å². The Morgan fingerprint density at radius 2 is 2.11 bits per heavy atom. The van der Waals surface area contributed by atoms with E-state index in [0.717, 1.165) is 6.08 Å². The van der Waals surface area contributed by atoms with Crippen LogP contribution >= 0.6 is 0 Å². The van der Waals surface area contributed by atoms with Crippen molar-refractivity contribution in [1.82, 2.24) is 15.6 Å². The Balaban J connectivity index is 2.63. The van der Waals surface area contributed by atoms with E-state index in [1.165, 1.54) is 25.4 Å². The lowest BCUT2D eigenvalue weighted by Gasteiger charge is -2.03. The Labute approximate surface area is 109 Å². The summed E-state index contributed by atoms with van der Waals surface area (Å²) in [6, 6.07) is 3.00. The number of hydrogen-bond donors (Lipinski definition) is 3. The number of carboxylic acid groups (broad SMARTS) is 1. The lowest BCUT2D eigenvalue weighted by Crippen LogP contribution is -2.35. The predicted octanol–water partition coefficient (Wildman–Crippen LogP) is -0.345. The van der Waals surface area contributed by atoms with Crippen molar-refractivity contribution >= 4 is 23.9 Å². The number of carbonyl (C=O) groups is 3. The Hall–Kier alpha value is -2.70. The number of amides is 2. The number of carboxylic acids is 1. The SMILES string of the molecule is CNC(=O)CNC(=O)c1ccc(/C=C/C(=O)O)cn1. The van der Waals surface area contributed by atoms with Crippen molar-refractivity contribution in [3.63, 3.8) is 0 Å². The Morgan fingerprint density at radius 1 is 1.37 bits per heavy atom. The Morgan fingerprint density at radius 3 is 2.63 bits per heavy atom. The standard InChI is InChI=1S/C12H13N3O4/c1-13-10(16)7-15-12(19)9-4-2-8(6-14-9)3-5-11(17)18/h2-6H,7H2,1H3,(H,13,16)(H,15,19)(H,17,18)/b5-3+. The van der Waals surface area contributed by atoms with Crippen LogP contribution < -0.4 is 10.6 Å². The molecule has 1 heterocycles. The van der Waals surface area contributed by atoms with Crippen molar-refractivity contribution in [2.75, 3.05) is 13.6 Å². The van der Waals surface area contributed by atoms with Crippen molar-refractivity contribution in [3.05, 3.63) is 35.7 Å². The number of likely N-dealkylation sites (N-methyl/N-ethyl adjacent to an activating group) is 1. The van der Waals surface area contributed by atoms with Crippen LogP contribution in [0.3, 0.4) is 0 Å². The third-order valence-corrected chi connectivity index (χ3v) is 2.13. The molecule has 0 aliphatic carbocycles. The average molecular weight is 263 g/mol. The molecule has 19 heavy (non-hydrogen) atoms. The fourth-order valence-corrected chi connectivity index (χ4v) is 1.15. The van der Waals surface area contributed by atoms with E-state index in [9.17, 15) is 14.4 Å². The van der Waals surface area contributed by atoms with E-state index in [4.69, 9.17) is 5.11 Å². The molecule has 1 aromatic rings. The van der Waals surface area contributed by atoms with Crippen LogP contribution in [0.1, 0.15) is 16.1 Å². The van der Waals surface area contributed by atoms with Gasteiger partial charge in [0.15, 0.2) is 0 Å². The number of nitrogens with one attached hydrogen (secondary N) is 2. The van der Waals surface area contributed by atoms with Gasteiger partial charge < -0.3 is 15.7 Å². The first-order chi connectivity index (χ1) is 9.02. The summed E-state index contributed by atoms with van der Waals surface area (Å²) in [6.45, 7) is -0.127. The highest BCUT2D eigenvalue weighted by Gasteiger charge is 2.07. The van der Waals surface area contributed by atoms with Gasteiger partial charge in [-0.3, -0.25) is 14.6 Å². The molecule has 0 aliphatic rings. The molecule has 0 spiro atoms. The molecule has 1 rings (SSSR count). The number of nitrogens with zero attached hydrogens (tertiary/aromatic N) is 1. The van der Waals surface area contributed by atoms with Gasteiger partial charge in [0, 0.05) is 19.3 Å². The second-order valence-electron chi connectivity index (χ2n) is 3.50. The summed E-state index contributed by atoms with van der Waals surface area (Å²) in [7, 11) is 1.47. The molecule has 0 aromatic carbocycles. The molecule has 0 atom stereocenters. The molecular weight excluding hydrogens is 250 g/mol. The molecule has 0 aliphatic heterocycles. The number of aliphatic carboxylic acids is 1. The van der Waals surface area contributed by atoms with Crippen LogP contribution in [0.2, 0.25) is 0 Å². The molecule has 7 nitrogen and oxygen atoms in total. The Kier molecular flexibility index (Phi) is 5.21. The van der Waals surface area contributed by atoms with Gasteiger partial charge in [0.05, 0.1) is 6.54 Å². The lowest BCUT2D eigenvalue weighted by atomic mass is 10.2. The summed E-state index contributed by atoms with van der Waals surface area (Å²) >= 11 is 0. The van der Waals surface area contributed by atoms with Crippen LogP contribution in [-0.4, -0.2) is 41.5 Å². The first-order valence-electron chi connectivity index (χ1n) is 5.38. The third-order valence-electron chi connectivity index (χ3n) is 2.13. The molecule has 100 valence electrons. The highest BCUT2D eigenvalue weighted by Crippen LogP contribution is 2.02. The summed E-state index contributed by atoms with van der Waals surface area (Å²) in [6.07, 6.45) is 3.71. The molecular formula is C12H13N3O4. The van der Waals surface area contributed by atoms with Gasteiger partial charge in [-0.1, -0.05) is 6.07 Å².